The lowest BCUT2D eigenvalue weighted by atomic mass is 10.2. The van der Waals surface area contributed by atoms with Crippen LogP contribution >= 0.6 is 11.8 Å². The molecule has 33 heavy (non-hydrogen) atoms. The fourth-order valence-corrected chi connectivity index (χ4v) is 4.61. The molecule has 1 heterocycles. The summed E-state index contributed by atoms with van der Waals surface area (Å²) < 4.78 is 30.3. The van der Waals surface area contributed by atoms with Gasteiger partial charge in [0.05, 0.1) is 28.3 Å². The summed E-state index contributed by atoms with van der Waals surface area (Å²) in [7, 11) is -3.78. The Kier molecular flexibility index (Phi) is 6.68. The predicted octanol–water partition coefficient (Wildman–Crippen LogP) is 3.80. The van der Waals surface area contributed by atoms with Gasteiger partial charge in [0.1, 0.15) is 5.75 Å². The lowest BCUT2D eigenvalue weighted by molar-refractivity contribution is -0.113. The van der Waals surface area contributed by atoms with Crippen molar-refractivity contribution < 1.29 is 17.9 Å². The molecule has 3 N–H and O–H groups in total. The number of para-hydroxylation sites is 2. The number of hydrogen-bond donors (Lipinski definition) is 2. The summed E-state index contributed by atoms with van der Waals surface area (Å²) >= 11 is 1.31. The summed E-state index contributed by atoms with van der Waals surface area (Å²) in [5.74, 6) is 0.665. The fourth-order valence-electron chi connectivity index (χ4n) is 3.26. The van der Waals surface area contributed by atoms with E-state index in [-0.39, 0.29) is 16.6 Å². The molecule has 1 amide bonds. The van der Waals surface area contributed by atoms with E-state index in [4.69, 9.17) is 14.9 Å². The van der Waals surface area contributed by atoms with Crippen molar-refractivity contribution in [2.75, 3.05) is 17.7 Å². The van der Waals surface area contributed by atoms with Crippen LogP contribution in [-0.4, -0.2) is 36.2 Å². The maximum Gasteiger partial charge on any atom is 0.238 e. The molecule has 1 aromatic heterocycles. The molecule has 8 nitrogen and oxygen atoms in total. The van der Waals surface area contributed by atoms with Gasteiger partial charge >= 0.3 is 0 Å². The van der Waals surface area contributed by atoms with Crippen LogP contribution in [0.2, 0.25) is 0 Å². The number of imidazole rings is 1. The molecule has 0 atom stereocenters. The minimum atomic E-state index is -3.78. The first-order chi connectivity index (χ1) is 15.8. The Morgan fingerprint density at radius 2 is 1.76 bits per heavy atom. The second-order valence-electron chi connectivity index (χ2n) is 7.05. The first-order valence-electron chi connectivity index (χ1n) is 10.1. The molecular formula is C23H22N4O4S2. The van der Waals surface area contributed by atoms with E-state index in [0.29, 0.717) is 17.5 Å². The van der Waals surface area contributed by atoms with Gasteiger partial charge in [0, 0.05) is 11.4 Å². The maximum absolute atomic E-state index is 12.5. The molecular weight excluding hydrogens is 460 g/mol. The summed E-state index contributed by atoms with van der Waals surface area (Å²) in [4.78, 5) is 17.2. The normalized spacial score (nSPS) is 11.5. The van der Waals surface area contributed by atoms with E-state index in [1.807, 2.05) is 60.0 Å². The maximum atomic E-state index is 12.5. The minimum absolute atomic E-state index is 0.0149. The highest BCUT2D eigenvalue weighted by Crippen LogP contribution is 2.29. The van der Waals surface area contributed by atoms with Crippen LogP contribution in [0.3, 0.4) is 0 Å². The number of ether oxygens (including phenoxy) is 1. The van der Waals surface area contributed by atoms with Crippen LogP contribution < -0.4 is 15.2 Å². The summed E-state index contributed by atoms with van der Waals surface area (Å²) in [6, 6.07) is 21.2. The third-order valence-corrected chi connectivity index (χ3v) is 6.60. The number of carbonyl (C=O) groups excluding carboxylic acids is 1. The zero-order valence-electron chi connectivity index (χ0n) is 17.8. The Morgan fingerprint density at radius 3 is 2.42 bits per heavy atom. The van der Waals surface area contributed by atoms with Crippen LogP contribution in [0.4, 0.5) is 5.69 Å². The molecule has 0 aliphatic heterocycles. The number of nitrogens with one attached hydrogen (secondary N) is 1. The van der Waals surface area contributed by atoms with Crippen molar-refractivity contribution in [1.29, 1.82) is 0 Å². The first-order valence-corrected chi connectivity index (χ1v) is 12.6. The summed E-state index contributed by atoms with van der Waals surface area (Å²) in [5.41, 5.74) is 3.15. The van der Waals surface area contributed by atoms with Crippen molar-refractivity contribution in [1.82, 2.24) is 9.55 Å². The standard InChI is InChI=1S/C23H22N4O4S2/c1-2-31-18-11-9-17(10-12-18)27-21-6-4-3-5-20(21)26-23(27)32-15-22(28)25-16-7-13-19(14-8-16)33(24,29)30/h3-14H,2,15H2,1H3,(H,25,28)(H2,24,29,30). The predicted molar refractivity (Wildman–Crippen MR) is 129 cm³/mol. The fraction of sp³-hybridized carbons (Fsp3) is 0.130. The van der Waals surface area contributed by atoms with Gasteiger partial charge in [-0.05, 0) is 67.6 Å². The minimum Gasteiger partial charge on any atom is -0.494 e. The number of amides is 1. The lowest BCUT2D eigenvalue weighted by Crippen LogP contribution is -2.15. The summed E-state index contributed by atoms with van der Waals surface area (Å²) in [6.07, 6.45) is 0. The number of fused-ring (bicyclic) bond motifs is 1. The number of carbonyl (C=O) groups is 1. The molecule has 3 aromatic carbocycles. The van der Waals surface area contributed by atoms with Gasteiger partial charge in [0.2, 0.25) is 15.9 Å². The number of nitrogens with zero attached hydrogens (tertiary/aromatic N) is 2. The Hall–Kier alpha value is -3.34. The lowest BCUT2D eigenvalue weighted by Gasteiger charge is -2.11. The van der Waals surface area contributed by atoms with Gasteiger partial charge < -0.3 is 10.1 Å². The van der Waals surface area contributed by atoms with E-state index in [1.54, 1.807) is 0 Å². The Bertz CT molecular complexity index is 1380. The Balaban J connectivity index is 1.52. The van der Waals surface area contributed by atoms with Gasteiger partial charge in [0.25, 0.3) is 0 Å². The topological polar surface area (TPSA) is 116 Å². The van der Waals surface area contributed by atoms with E-state index in [1.165, 1.54) is 36.0 Å². The zero-order valence-corrected chi connectivity index (χ0v) is 19.4. The van der Waals surface area contributed by atoms with Crippen LogP contribution in [0.1, 0.15) is 6.92 Å². The molecule has 0 bridgehead atoms. The Labute approximate surface area is 195 Å². The van der Waals surface area contributed by atoms with Crippen molar-refractivity contribution in [2.45, 2.75) is 17.0 Å². The van der Waals surface area contributed by atoms with E-state index >= 15 is 0 Å². The number of primary sulfonamides is 1. The zero-order chi connectivity index (χ0) is 23.4. The number of thioether (sulfide) groups is 1. The van der Waals surface area contributed by atoms with Gasteiger partial charge in [-0.2, -0.15) is 0 Å². The average molecular weight is 483 g/mol. The van der Waals surface area contributed by atoms with Gasteiger partial charge in [0.15, 0.2) is 5.16 Å². The molecule has 0 saturated carbocycles. The molecule has 170 valence electrons. The molecule has 0 unspecified atom stereocenters. The quantitative estimate of drug-likeness (QED) is 0.369. The van der Waals surface area contributed by atoms with Crippen molar-refractivity contribution in [2.24, 2.45) is 5.14 Å². The number of rotatable bonds is 8. The third kappa shape index (κ3) is 5.36. The molecule has 0 aliphatic carbocycles. The number of benzene rings is 3. The number of aromatic nitrogens is 2. The van der Waals surface area contributed by atoms with Crippen LogP contribution in [0.5, 0.6) is 5.75 Å². The second kappa shape index (κ2) is 9.65. The highest BCUT2D eigenvalue weighted by atomic mass is 32.2. The SMILES string of the molecule is CCOc1ccc(-n2c(SCC(=O)Nc3ccc(S(N)(=O)=O)cc3)nc3ccccc32)cc1. The number of hydrogen-bond acceptors (Lipinski definition) is 6. The molecule has 0 fully saturated rings. The van der Waals surface area contributed by atoms with Crippen molar-refractivity contribution in [3.05, 3.63) is 72.8 Å². The van der Waals surface area contributed by atoms with Gasteiger partial charge in [-0.15, -0.1) is 0 Å². The second-order valence-corrected chi connectivity index (χ2v) is 9.56. The van der Waals surface area contributed by atoms with Crippen molar-refractivity contribution >= 4 is 44.4 Å². The largest absolute Gasteiger partial charge is 0.494 e. The summed E-state index contributed by atoms with van der Waals surface area (Å²) in [5, 5.41) is 8.54. The summed E-state index contributed by atoms with van der Waals surface area (Å²) in [6.45, 7) is 2.53. The number of sulfonamides is 1. The van der Waals surface area contributed by atoms with Gasteiger partial charge in [-0.3, -0.25) is 9.36 Å². The highest BCUT2D eigenvalue weighted by Gasteiger charge is 2.15. The molecule has 0 saturated heterocycles. The van der Waals surface area contributed by atoms with Gasteiger partial charge in [-0.1, -0.05) is 23.9 Å². The third-order valence-electron chi connectivity index (χ3n) is 4.73. The number of nitrogens with two attached hydrogens (primary N) is 1. The van der Waals surface area contributed by atoms with Crippen LogP contribution in [0, 0.1) is 0 Å². The molecule has 4 aromatic rings. The average Bonchev–Trinajstić information content (AvgIpc) is 3.17. The Morgan fingerprint density at radius 1 is 1.06 bits per heavy atom. The molecule has 0 spiro atoms. The monoisotopic (exact) mass is 482 g/mol. The van der Waals surface area contributed by atoms with E-state index < -0.39 is 10.0 Å². The van der Waals surface area contributed by atoms with Crippen molar-refractivity contribution in [3.8, 4) is 11.4 Å². The van der Waals surface area contributed by atoms with Crippen molar-refractivity contribution in [3.63, 3.8) is 0 Å². The van der Waals surface area contributed by atoms with Crippen LogP contribution in [0.15, 0.2) is 82.8 Å². The first kappa shape index (κ1) is 22.8. The number of anilines is 1. The van der Waals surface area contributed by atoms with E-state index in [0.717, 1.165) is 22.5 Å². The van der Waals surface area contributed by atoms with Gasteiger partial charge in [-0.25, -0.2) is 18.5 Å². The van der Waals surface area contributed by atoms with Crippen LogP contribution in [-0.2, 0) is 14.8 Å². The molecule has 10 heteroatoms. The molecule has 4 rings (SSSR count). The van der Waals surface area contributed by atoms with Crippen LogP contribution in [0.25, 0.3) is 16.7 Å². The van der Waals surface area contributed by atoms with E-state index in [9.17, 15) is 13.2 Å². The highest BCUT2D eigenvalue weighted by molar-refractivity contribution is 7.99. The molecule has 0 aliphatic rings. The van der Waals surface area contributed by atoms with E-state index in [2.05, 4.69) is 5.32 Å². The molecule has 0 radical (unpaired) electrons. The smallest absolute Gasteiger partial charge is 0.238 e.